The van der Waals surface area contributed by atoms with Gasteiger partial charge in [-0.15, -0.1) is 0 Å². The van der Waals surface area contributed by atoms with Crippen LogP contribution in [0.5, 0.6) is 5.75 Å². The fourth-order valence-corrected chi connectivity index (χ4v) is 2.61. The van der Waals surface area contributed by atoms with Crippen molar-refractivity contribution in [1.29, 1.82) is 0 Å². The van der Waals surface area contributed by atoms with Gasteiger partial charge >= 0.3 is 0 Å². The quantitative estimate of drug-likeness (QED) is 0.887. The summed E-state index contributed by atoms with van der Waals surface area (Å²) in [5.74, 6) is 0.584. The minimum absolute atomic E-state index is 0.0238. The summed E-state index contributed by atoms with van der Waals surface area (Å²) in [7, 11) is 3.44. The van der Waals surface area contributed by atoms with Gasteiger partial charge < -0.3 is 15.0 Å². The minimum atomic E-state index is -0.234. The van der Waals surface area contributed by atoms with E-state index in [-0.39, 0.29) is 23.8 Å². The number of para-hydroxylation sites is 1. The molecule has 1 aliphatic rings. The van der Waals surface area contributed by atoms with Crippen molar-refractivity contribution in [2.75, 3.05) is 20.7 Å². The molecule has 0 aliphatic carbocycles. The summed E-state index contributed by atoms with van der Waals surface area (Å²) in [6, 6.07) is 7.87. The van der Waals surface area contributed by atoms with Gasteiger partial charge in [-0.05, 0) is 25.0 Å². The number of benzene rings is 1. The third kappa shape index (κ3) is 3.54. The van der Waals surface area contributed by atoms with Gasteiger partial charge in [0.1, 0.15) is 5.75 Å². The van der Waals surface area contributed by atoms with Crippen molar-refractivity contribution in [3.63, 3.8) is 0 Å². The summed E-state index contributed by atoms with van der Waals surface area (Å²) in [6.45, 7) is 2.46. The lowest BCUT2D eigenvalue weighted by Gasteiger charge is -2.27. The molecule has 0 radical (unpaired) electrons. The average molecular weight is 290 g/mol. The number of rotatable bonds is 5. The second-order valence-corrected chi connectivity index (χ2v) is 5.52. The van der Waals surface area contributed by atoms with E-state index in [1.54, 1.807) is 19.1 Å². The molecule has 5 heteroatoms. The summed E-state index contributed by atoms with van der Waals surface area (Å²) in [6.07, 6.45) is 1.02. The summed E-state index contributed by atoms with van der Waals surface area (Å²) >= 11 is 0. The molecule has 0 bridgehead atoms. The Morgan fingerprint density at radius 2 is 2.19 bits per heavy atom. The number of ether oxygens (including phenoxy) is 1. The Bertz CT molecular complexity index is 530. The van der Waals surface area contributed by atoms with E-state index in [4.69, 9.17) is 4.74 Å². The van der Waals surface area contributed by atoms with Crippen LogP contribution in [-0.4, -0.2) is 43.5 Å². The number of hydrogen-bond acceptors (Lipinski definition) is 3. The number of amides is 2. The van der Waals surface area contributed by atoms with Crippen LogP contribution in [0.25, 0.3) is 0 Å². The maximum absolute atomic E-state index is 12.4. The van der Waals surface area contributed by atoms with Crippen molar-refractivity contribution >= 4 is 11.8 Å². The van der Waals surface area contributed by atoms with Crippen LogP contribution in [0.15, 0.2) is 24.3 Å². The van der Waals surface area contributed by atoms with Crippen LogP contribution >= 0.6 is 0 Å². The van der Waals surface area contributed by atoms with Gasteiger partial charge in [-0.1, -0.05) is 18.2 Å². The summed E-state index contributed by atoms with van der Waals surface area (Å²) in [5.41, 5.74) is 1.08. The molecule has 1 aliphatic heterocycles. The predicted molar refractivity (Wildman–Crippen MR) is 80.0 cm³/mol. The van der Waals surface area contributed by atoms with E-state index in [9.17, 15) is 9.59 Å². The highest BCUT2D eigenvalue weighted by Gasteiger charge is 2.31. The maximum atomic E-state index is 12.4. The van der Waals surface area contributed by atoms with Crippen molar-refractivity contribution in [1.82, 2.24) is 10.2 Å². The van der Waals surface area contributed by atoms with Gasteiger partial charge in [-0.3, -0.25) is 9.59 Å². The largest absolute Gasteiger partial charge is 0.496 e. The van der Waals surface area contributed by atoms with E-state index in [2.05, 4.69) is 5.32 Å². The molecule has 114 valence electrons. The highest BCUT2D eigenvalue weighted by molar-refractivity contribution is 5.89. The second kappa shape index (κ2) is 6.61. The Hall–Kier alpha value is -2.04. The Balaban J connectivity index is 2.00. The first-order valence-corrected chi connectivity index (χ1v) is 7.18. The third-order valence-electron chi connectivity index (χ3n) is 4.04. The summed E-state index contributed by atoms with van der Waals surface area (Å²) < 4.78 is 5.34. The molecule has 1 saturated heterocycles. The fourth-order valence-electron chi connectivity index (χ4n) is 2.61. The van der Waals surface area contributed by atoms with E-state index < -0.39 is 0 Å². The summed E-state index contributed by atoms with van der Waals surface area (Å²) in [5, 5.41) is 2.71. The fraction of sp³-hybridized carbons (Fsp3) is 0.500. The monoisotopic (exact) mass is 290 g/mol. The molecule has 1 aromatic rings. The smallest absolute Gasteiger partial charge is 0.227 e. The van der Waals surface area contributed by atoms with Crippen molar-refractivity contribution in [2.45, 2.75) is 25.8 Å². The lowest BCUT2D eigenvalue weighted by Crippen LogP contribution is -2.40. The lowest BCUT2D eigenvalue weighted by molar-refractivity contribution is -0.136. The SMILES string of the molecule is COc1ccccc1CC(C)N(C)C(=O)C1CNC(=O)C1. The van der Waals surface area contributed by atoms with Gasteiger partial charge in [-0.25, -0.2) is 0 Å². The molecule has 0 spiro atoms. The first-order chi connectivity index (χ1) is 10.0. The molecule has 1 aromatic carbocycles. The summed E-state index contributed by atoms with van der Waals surface area (Å²) in [4.78, 5) is 25.3. The van der Waals surface area contributed by atoms with Crippen LogP contribution in [0, 0.1) is 5.92 Å². The van der Waals surface area contributed by atoms with Gasteiger partial charge in [0, 0.05) is 26.1 Å². The van der Waals surface area contributed by atoms with E-state index >= 15 is 0 Å². The van der Waals surface area contributed by atoms with Crippen molar-refractivity contribution in [3.05, 3.63) is 29.8 Å². The van der Waals surface area contributed by atoms with Crippen LogP contribution in [-0.2, 0) is 16.0 Å². The van der Waals surface area contributed by atoms with Gasteiger partial charge in [0.15, 0.2) is 0 Å². The molecule has 0 saturated carbocycles. The molecule has 2 rings (SSSR count). The standard InChI is InChI=1S/C16H22N2O3/c1-11(8-12-6-4-5-7-14(12)21-3)18(2)16(20)13-9-15(19)17-10-13/h4-7,11,13H,8-10H2,1-3H3,(H,17,19). The zero-order valence-corrected chi connectivity index (χ0v) is 12.8. The van der Waals surface area contributed by atoms with Crippen molar-refractivity contribution < 1.29 is 14.3 Å². The van der Waals surface area contributed by atoms with Gasteiger partial charge in [-0.2, -0.15) is 0 Å². The van der Waals surface area contributed by atoms with Gasteiger partial charge in [0.2, 0.25) is 11.8 Å². The molecule has 1 heterocycles. The van der Waals surface area contributed by atoms with Crippen molar-refractivity contribution in [2.24, 2.45) is 5.92 Å². The van der Waals surface area contributed by atoms with E-state index in [0.717, 1.165) is 17.7 Å². The molecule has 5 nitrogen and oxygen atoms in total. The zero-order chi connectivity index (χ0) is 15.4. The number of carbonyl (C=O) groups is 2. The van der Waals surface area contributed by atoms with E-state index in [1.807, 2.05) is 31.2 Å². The van der Waals surface area contributed by atoms with Crippen LogP contribution in [0.3, 0.4) is 0 Å². The Labute approximate surface area is 125 Å². The Morgan fingerprint density at radius 3 is 2.81 bits per heavy atom. The molecule has 2 atom stereocenters. The minimum Gasteiger partial charge on any atom is -0.496 e. The zero-order valence-electron chi connectivity index (χ0n) is 12.8. The van der Waals surface area contributed by atoms with E-state index in [0.29, 0.717) is 13.0 Å². The number of nitrogens with one attached hydrogen (secondary N) is 1. The topological polar surface area (TPSA) is 58.6 Å². The molecular weight excluding hydrogens is 268 g/mol. The molecule has 1 N–H and O–H groups in total. The van der Waals surface area contributed by atoms with Crippen LogP contribution < -0.4 is 10.1 Å². The van der Waals surface area contributed by atoms with Crippen LogP contribution in [0.4, 0.5) is 0 Å². The predicted octanol–water partition coefficient (Wildman–Crippen LogP) is 1.22. The maximum Gasteiger partial charge on any atom is 0.227 e. The number of nitrogens with zero attached hydrogens (tertiary/aromatic N) is 1. The third-order valence-corrected chi connectivity index (χ3v) is 4.04. The van der Waals surface area contributed by atoms with Crippen LogP contribution in [0.2, 0.25) is 0 Å². The number of carbonyl (C=O) groups excluding carboxylic acids is 2. The highest BCUT2D eigenvalue weighted by Crippen LogP contribution is 2.21. The molecule has 2 amide bonds. The Morgan fingerprint density at radius 1 is 1.48 bits per heavy atom. The normalized spacial score (nSPS) is 19.0. The second-order valence-electron chi connectivity index (χ2n) is 5.52. The molecule has 21 heavy (non-hydrogen) atoms. The first-order valence-electron chi connectivity index (χ1n) is 7.18. The first kappa shape index (κ1) is 15.4. The molecule has 2 unspecified atom stereocenters. The van der Waals surface area contributed by atoms with Gasteiger partial charge in [0.05, 0.1) is 13.0 Å². The van der Waals surface area contributed by atoms with E-state index in [1.165, 1.54) is 0 Å². The number of hydrogen-bond donors (Lipinski definition) is 1. The Kier molecular flexibility index (Phi) is 4.83. The highest BCUT2D eigenvalue weighted by atomic mass is 16.5. The van der Waals surface area contributed by atoms with Crippen LogP contribution in [0.1, 0.15) is 18.9 Å². The van der Waals surface area contributed by atoms with Gasteiger partial charge in [0.25, 0.3) is 0 Å². The number of methoxy groups -OCH3 is 1. The lowest BCUT2D eigenvalue weighted by atomic mass is 10.0. The molecule has 0 aromatic heterocycles. The van der Waals surface area contributed by atoms with Crippen molar-refractivity contribution in [3.8, 4) is 5.75 Å². The number of likely N-dealkylation sites (N-methyl/N-ethyl adjacent to an activating group) is 1. The molecule has 1 fully saturated rings. The molecular formula is C16H22N2O3. The average Bonchev–Trinajstić information content (AvgIpc) is 2.92.